The van der Waals surface area contributed by atoms with Gasteiger partial charge in [0.05, 0.1) is 12.5 Å². The van der Waals surface area contributed by atoms with Gasteiger partial charge in [0, 0.05) is 0 Å². The van der Waals surface area contributed by atoms with E-state index in [4.69, 9.17) is 9.47 Å². The fraction of sp³-hybridized carbons (Fsp3) is 0.615. The molecule has 0 bridgehead atoms. The van der Waals surface area contributed by atoms with Crippen LogP contribution in [0.4, 0.5) is 4.79 Å². The van der Waals surface area contributed by atoms with Gasteiger partial charge >= 0.3 is 6.16 Å². The summed E-state index contributed by atoms with van der Waals surface area (Å²) in [6.45, 7) is 4.23. The Kier molecular flexibility index (Phi) is 10.9. The second kappa shape index (κ2) is 11.8. The summed E-state index contributed by atoms with van der Waals surface area (Å²) in [5, 5.41) is 0. The number of allylic oxidation sites excluding steroid dienone is 2. The van der Waals surface area contributed by atoms with Crippen LogP contribution in [-0.2, 0) is 9.47 Å². The lowest BCUT2D eigenvalue weighted by molar-refractivity contribution is 0.119. The molecule has 3 nitrogen and oxygen atoms in total. The van der Waals surface area contributed by atoms with E-state index in [1.807, 2.05) is 12.2 Å². The van der Waals surface area contributed by atoms with Gasteiger partial charge in [-0.1, -0.05) is 26.7 Å². The molecule has 0 rings (SSSR count). The van der Waals surface area contributed by atoms with E-state index in [0.29, 0.717) is 0 Å². The molecule has 0 radical (unpaired) electrons. The van der Waals surface area contributed by atoms with Gasteiger partial charge in [-0.2, -0.15) is 0 Å². The average molecular weight is 226 g/mol. The van der Waals surface area contributed by atoms with Crippen molar-refractivity contribution in [3.8, 4) is 0 Å². The van der Waals surface area contributed by atoms with Crippen molar-refractivity contribution < 1.29 is 14.3 Å². The highest BCUT2D eigenvalue weighted by atomic mass is 16.7. The lowest BCUT2D eigenvalue weighted by atomic mass is 10.2. The van der Waals surface area contributed by atoms with Gasteiger partial charge in [-0.3, -0.25) is 0 Å². The summed E-state index contributed by atoms with van der Waals surface area (Å²) >= 11 is 0. The van der Waals surface area contributed by atoms with Crippen LogP contribution in [-0.4, -0.2) is 6.16 Å². The fourth-order valence-corrected chi connectivity index (χ4v) is 1.02. The Morgan fingerprint density at radius 1 is 0.938 bits per heavy atom. The van der Waals surface area contributed by atoms with Crippen LogP contribution in [0.1, 0.15) is 52.4 Å². The van der Waals surface area contributed by atoms with Crippen LogP contribution < -0.4 is 0 Å². The third kappa shape index (κ3) is 10.8. The Hall–Kier alpha value is -1.25. The zero-order chi connectivity index (χ0) is 12.1. The summed E-state index contributed by atoms with van der Waals surface area (Å²) in [5.74, 6) is 0. The molecular formula is C13H22O3. The van der Waals surface area contributed by atoms with Crippen molar-refractivity contribution in [3.05, 3.63) is 24.7 Å². The Labute approximate surface area is 98.1 Å². The van der Waals surface area contributed by atoms with Gasteiger partial charge in [0.1, 0.15) is 0 Å². The summed E-state index contributed by atoms with van der Waals surface area (Å²) in [5.41, 5.74) is 0. The van der Waals surface area contributed by atoms with Crippen molar-refractivity contribution in [2.24, 2.45) is 0 Å². The fourth-order valence-electron chi connectivity index (χ4n) is 1.02. The third-order valence-corrected chi connectivity index (χ3v) is 1.97. The summed E-state index contributed by atoms with van der Waals surface area (Å²) in [6.07, 6.45) is 12.1. The Bertz CT molecular complexity index is 197. The van der Waals surface area contributed by atoms with Crippen LogP contribution in [0.3, 0.4) is 0 Å². The van der Waals surface area contributed by atoms with Crippen LogP contribution in [0, 0.1) is 0 Å². The monoisotopic (exact) mass is 226 g/mol. The maximum atomic E-state index is 11.0. The quantitative estimate of drug-likeness (QED) is 0.346. The van der Waals surface area contributed by atoms with Crippen LogP contribution in [0.5, 0.6) is 0 Å². The second-order valence-electron chi connectivity index (χ2n) is 3.51. The van der Waals surface area contributed by atoms with E-state index in [-0.39, 0.29) is 0 Å². The maximum Gasteiger partial charge on any atom is 0.518 e. The van der Waals surface area contributed by atoms with Gasteiger partial charge in [0.15, 0.2) is 0 Å². The second-order valence-corrected chi connectivity index (χ2v) is 3.51. The molecule has 0 saturated carbocycles. The lowest BCUT2D eigenvalue weighted by Gasteiger charge is -1.96. The Morgan fingerprint density at radius 2 is 1.38 bits per heavy atom. The van der Waals surface area contributed by atoms with E-state index in [1.165, 1.54) is 12.5 Å². The number of carbonyl (C=O) groups is 1. The lowest BCUT2D eigenvalue weighted by Crippen LogP contribution is -1.97. The van der Waals surface area contributed by atoms with Gasteiger partial charge < -0.3 is 9.47 Å². The molecule has 0 aliphatic heterocycles. The van der Waals surface area contributed by atoms with E-state index >= 15 is 0 Å². The van der Waals surface area contributed by atoms with E-state index in [0.717, 1.165) is 38.5 Å². The van der Waals surface area contributed by atoms with Crippen LogP contribution >= 0.6 is 0 Å². The molecule has 0 aromatic heterocycles. The highest BCUT2D eigenvalue weighted by molar-refractivity contribution is 5.61. The van der Waals surface area contributed by atoms with Gasteiger partial charge in [-0.25, -0.2) is 4.79 Å². The smallest absolute Gasteiger partial charge is 0.403 e. The van der Waals surface area contributed by atoms with Crippen LogP contribution in [0.25, 0.3) is 0 Å². The standard InChI is InChI=1S/C13H22O3/c1-3-5-7-9-11-15-13(14)16-12-10-8-6-4-2/h9-12H,3-8H2,1-2H3. The summed E-state index contributed by atoms with van der Waals surface area (Å²) in [6, 6.07) is 0. The average Bonchev–Trinajstić information content (AvgIpc) is 2.28. The summed E-state index contributed by atoms with van der Waals surface area (Å²) in [4.78, 5) is 11.0. The van der Waals surface area contributed by atoms with Crippen LogP contribution in [0.15, 0.2) is 24.7 Å². The van der Waals surface area contributed by atoms with Crippen molar-refractivity contribution >= 4 is 6.16 Å². The highest BCUT2D eigenvalue weighted by Gasteiger charge is 1.96. The first-order chi connectivity index (χ1) is 7.81. The molecule has 0 aromatic carbocycles. The van der Waals surface area contributed by atoms with Crippen molar-refractivity contribution in [2.45, 2.75) is 52.4 Å². The zero-order valence-corrected chi connectivity index (χ0v) is 10.3. The maximum absolute atomic E-state index is 11.0. The van der Waals surface area contributed by atoms with E-state index in [9.17, 15) is 4.79 Å². The SMILES string of the molecule is CCCCC=COC(=O)OC=CCCCC. The molecule has 0 aliphatic rings. The minimum Gasteiger partial charge on any atom is -0.403 e. The van der Waals surface area contributed by atoms with Crippen molar-refractivity contribution in [2.75, 3.05) is 0 Å². The molecule has 0 saturated heterocycles. The number of rotatable bonds is 8. The number of ether oxygens (including phenoxy) is 2. The highest BCUT2D eigenvalue weighted by Crippen LogP contribution is 1.98. The van der Waals surface area contributed by atoms with E-state index in [2.05, 4.69) is 13.8 Å². The molecule has 0 atom stereocenters. The minimum absolute atomic E-state index is 0.680. The molecular weight excluding hydrogens is 204 g/mol. The van der Waals surface area contributed by atoms with Crippen molar-refractivity contribution in [3.63, 3.8) is 0 Å². The number of hydrogen-bond donors (Lipinski definition) is 0. The number of hydrogen-bond acceptors (Lipinski definition) is 3. The van der Waals surface area contributed by atoms with Crippen LogP contribution in [0.2, 0.25) is 0 Å². The number of unbranched alkanes of at least 4 members (excludes halogenated alkanes) is 4. The topological polar surface area (TPSA) is 35.5 Å². The molecule has 0 aromatic rings. The Balaban J connectivity index is 3.43. The Morgan fingerprint density at radius 3 is 1.75 bits per heavy atom. The van der Waals surface area contributed by atoms with E-state index < -0.39 is 6.16 Å². The molecule has 0 fully saturated rings. The first kappa shape index (κ1) is 14.8. The molecule has 0 N–H and O–H groups in total. The molecule has 0 unspecified atom stereocenters. The first-order valence-corrected chi connectivity index (χ1v) is 5.98. The van der Waals surface area contributed by atoms with Gasteiger partial charge in [0.2, 0.25) is 0 Å². The number of carbonyl (C=O) groups excluding carboxylic acids is 1. The first-order valence-electron chi connectivity index (χ1n) is 5.98. The summed E-state index contributed by atoms with van der Waals surface area (Å²) in [7, 11) is 0. The molecule has 16 heavy (non-hydrogen) atoms. The predicted molar refractivity (Wildman–Crippen MR) is 64.9 cm³/mol. The summed E-state index contributed by atoms with van der Waals surface area (Å²) < 4.78 is 9.40. The third-order valence-electron chi connectivity index (χ3n) is 1.97. The molecule has 3 heteroatoms. The van der Waals surface area contributed by atoms with Crippen molar-refractivity contribution in [1.82, 2.24) is 0 Å². The van der Waals surface area contributed by atoms with Gasteiger partial charge in [-0.15, -0.1) is 0 Å². The van der Waals surface area contributed by atoms with E-state index in [1.54, 1.807) is 0 Å². The largest absolute Gasteiger partial charge is 0.518 e. The van der Waals surface area contributed by atoms with Crippen molar-refractivity contribution in [1.29, 1.82) is 0 Å². The van der Waals surface area contributed by atoms with Gasteiger partial charge in [0.25, 0.3) is 0 Å². The predicted octanol–water partition coefficient (Wildman–Crippen LogP) is 4.55. The molecule has 0 amide bonds. The molecule has 92 valence electrons. The van der Waals surface area contributed by atoms with Gasteiger partial charge in [-0.05, 0) is 37.8 Å². The minimum atomic E-state index is -0.680. The molecule has 0 heterocycles. The normalized spacial score (nSPS) is 11.1. The molecule has 0 aliphatic carbocycles. The molecule has 0 spiro atoms. The zero-order valence-electron chi connectivity index (χ0n) is 10.3.